The Morgan fingerprint density at radius 1 is 0.548 bits per heavy atom. The molecule has 0 aliphatic rings. The van der Waals surface area contributed by atoms with Crippen LogP contribution >= 0.6 is 24.4 Å². The Kier molecular flexibility index (Phi) is 33.8. The number of anilines is 2. The molecule has 0 aliphatic heterocycles. The number of rotatable bonds is 41. The number of nitrogens with two attached hydrogens (primary N) is 3. The first-order valence-electron chi connectivity index (χ1n) is 27.1. The number of aromatic nitrogens is 8. The van der Waals surface area contributed by atoms with E-state index in [4.69, 9.17) is 87.7 Å². The molecule has 4 heterocycles. The number of H-pyrrole nitrogens is 2. The minimum absolute atomic E-state index is 0.00162. The maximum Gasteiger partial charge on any atom is 0.328 e. The predicted octanol–water partition coefficient (Wildman–Crippen LogP) is 2.70. The number of carbonyl (C=O) groups is 2. The predicted molar refractivity (Wildman–Crippen MR) is 318 cm³/mol. The number of nitrogen functional groups attached to an aromatic ring is 2. The van der Waals surface area contributed by atoms with Crippen LogP contribution in [0.5, 0.6) is 12.0 Å². The van der Waals surface area contributed by atoms with Gasteiger partial charge in [-0.15, -0.1) is 0 Å². The highest BCUT2D eigenvalue weighted by atomic mass is 32.1. The standard InChI is InChI=1S/C28H39N5O8S.C17H18N6O3S.C9H19NO5/c29-25-24-26(32-27(31-25)41-13-2-11-34)33(28(37)30-24)19-21-6-4-20(5-7-21)8-9-22(42)3-1-12-38-15-17-40-18-16-39-14-10-23(35)36;18-14-13-15(22-16(21-14)26-7-1-6-24)23(17(25)20-13)9-12-4-2-11(3-5-12)8-19-10-27;10-2-4-14-6-8-15-7-5-13-3-1-9(11)12/h4-7,34H,1-3,8-19H2,(H,30,37)(H,35,36)(H2,29,31,32);2-5,24H,1,6-9H2,(H,20,25)(H2,18,21,22);1-8,10H2,(H,11,12). The third kappa shape index (κ3) is 27.0. The molecule has 0 atom stereocenters. The largest absolute Gasteiger partial charge is 0.481 e. The molecule has 0 saturated heterocycles. The summed E-state index contributed by atoms with van der Waals surface area (Å²) in [7, 11) is 0. The molecule has 0 aliphatic carbocycles. The van der Waals surface area contributed by atoms with Crippen LogP contribution in [0.3, 0.4) is 0 Å². The van der Waals surface area contributed by atoms with E-state index in [1.165, 1.54) is 9.13 Å². The van der Waals surface area contributed by atoms with Crippen LogP contribution in [0.15, 0.2) is 63.1 Å². The van der Waals surface area contributed by atoms with Crippen molar-refractivity contribution < 1.29 is 67.9 Å². The summed E-state index contributed by atoms with van der Waals surface area (Å²) >= 11 is 10.1. The van der Waals surface area contributed by atoms with E-state index in [1.807, 2.05) is 48.5 Å². The molecule has 4 aromatic heterocycles. The first-order chi connectivity index (χ1) is 40.8. The number of hydrogen-bond donors (Lipinski definition) is 9. The zero-order valence-electron chi connectivity index (χ0n) is 46.8. The number of thiocarbonyl (C=S) groups is 2. The molecule has 460 valence electrons. The van der Waals surface area contributed by atoms with Crippen molar-refractivity contribution >= 4 is 80.4 Å². The summed E-state index contributed by atoms with van der Waals surface area (Å²) in [6.45, 7) is 7.21. The molecule has 0 bridgehead atoms. The molecule has 0 saturated carbocycles. The molecular formula is C54H76N12O16S2. The zero-order valence-corrected chi connectivity index (χ0v) is 48.4. The number of nitrogens with zero attached hydrogens (tertiary/aromatic N) is 7. The molecule has 6 aromatic rings. The fraction of sp³-hybridized carbons (Fsp3) is 0.519. The van der Waals surface area contributed by atoms with E-state index in [0.717, 1.165) is 52.8 Å². The summed E-state index contributed by atoms with van der Waals surface area (Å²) in [5, 5.41) is 36.9. The molecular weight excluding hydrogens is 1140 g/mol. The number of nitrogens with one attached hydrogen (secondary N) is 2. The molecule has 0 amide bonds. The SMILES string of the molecule is NCCOCCOCCOCCC(=O)O.Nc1nc(OCCCO)nc2c1[nH]c(=O)n2Cc1ccc(CCC(=S)CCCOCCOCCOCCC(=O)O)cc1.Nc1nc(OCCCO)nc2c1[nH]c(=O)n2Cc1ccc(CN=C=S)cc1. The molecule has 0 spiro atoms. The summed E-state index contributed by atoms with van der Waals surface area (Å²) in [6.07, 6.45) is 4.18. The monoisotopic (exact) mass is 1210 g/mol. The smallest absolute Gasteiger partial charge is 0.328 e. The quantitative estimate of drug-likeness (QED) is 0.0151. The summed E-state index contributed by atoms with van der Waals surface area (Å²) in [5.41, 5.74) is 21.9. The second kappa shape index (κ2) is 40.9. The van der Waals surface area contributed by atoms with E-state index < -0.39 is 11.9 Å². The molecule has 6 rings (SSSR count). The molecule has 28 nitrogen and oxygen atoms in total. The normalized spacial score (nSPS) is 10.9. The van der Waals surface area contributed by atoms with Crippen LogP contribution in [0.1, 0.15) is 67.2 Å². The van der Waals surface area contributed by atoms with Crippen LogP contribution in [0, 0.1) is 0 Å². The maximum atomic E-state index is 12.6. The van der Waals surface area contributed by atoms with E-state index in [1.54, 1.807) is 0 Å². The Hall–Kier alpha value is -7.19. The van der Waals surface area contributed by atoms with Crippen molar-refractivity contribution in [3.63, 3.8) is 0 Å². The van der Waals surface area contributed by atoms with Crippen LogP contribution in [-0.2, 0) is 64.1 Å². The third-order valence-electron chi connectivity index (χ3n) is 11.5. The van der Waals surface area contributed by atoms with Gasteiger partial charge in [-0.3, -0.25) is 18.7 Å². The molecule has 30 heteroatoms. The van der Waals surface area contributed by atoms with E-state index in [9.17, 15) is 19.2 Å². The van der Waals surface area contributed by atoms with Gasteiger partial charge >= 0.3 is 35.3 Å². The van der Waals surface area contributed by atoms with E-state index >= 15 is 0 Å². The number of aliphatic imine (C=N–C) groups is 1. The van der Waals surface area contributed by atoms with Gasteiger partial charge in [-0.2, -0.15) is 19.9 Å². The van der Waals surface area contributed by atoms with Gasteiger partial charge < -0.3 is 85.5 Å². The van der Waals surface area contributed by atoms with Crippen molar-refractivity contribution in [2.24, 2.45) is 10.7 Å². The Labute approximate surface area is 494 Å². The highest BCUT2D eigenvalue weighted by molar-refractivity contribution is 7.80. The molecule has 0 fully saturated rings. The summed E-state index contributed by atoms with van der Waals surface area (Å²) in [6, 6.07) is 15.8. The number of aromatic amines is 2. The zero-order chi connectivity index (χ0) is 60.7. The number of isothiocyanates is 1. The third-order valence-corrected chi connectivity index (χ3v) is 12.0. The van der Waals surface area contributed by atoms with Gasteiger partial charge in [0, 0.05) is 39.2 Å². The van der Waals surface area contributed by atoms with Gasteiger partial charge in [0.1, 0.15) is 11.0 Å². The van der Waals surface area contributed by atoms with Gasteiger partial charge in [0.25, 0.3) is 0 Å². The fourth-order valence-electron chi connectivity index (χ4n) is 7.26. The lowest BCUT2D eigenvalue weighted by Gasteiger charge is -2.08. The summed E-state index contributed by atoms with van der Waals surface area (Å²) in [4.78, 5) is 72.4. The number of aliphatic hydroxyl groups excluding tert-OH is 2. The average molecular weight is 1210 g/mol. The van der Waals surface area contributed by atoms with Gasteiger partial charge in [0.15, 0.2) is 22.9 Å². The lowest BCUT2D eigenvalue weighted by molar-refractivity contribution is -0.139. The lowest BCUT2D eigenvalue weighted by Crippen LogP contribution is -2.18. The number of hydrogen-bond acceptors (Lipinski definition) is 24. The van der Waals surface area contributed by atoms with E-state index in [0.29, 0.717) is 127 Å². The highest BCUT2D eigenvalue weighted by Crippen LogP contribution is 2.21. The number of aliphatic carboxylic acids is 2. The molecule has 0 unspecified atom stereocenters. The Morgan fingerprint density at radius 3 is 1.37 bits per heavy atom. The molecule has 12 N–H and O–H groups in total. The van der Waals surface area contributed by atoms with Crippen LogP contribution in [0.4, 0.5) is 11.6 Å². The Morgan fingerprint density at radius 2 is 0.952 bits per heavy atom. The number of aliphatic hydroxyl groups is 2. The number of aryl methyl sites for hydroxylation is 1. The lowest BCUT2D eigenvalue weighted by atomic mass is 10.0. The van der Waals surface area contributed by atoms with Gasteiger partial charge in [-0.05, 0) is 65.0 Å². The van der Waals surface area contributed by atoms with Crippen molar-refractivity contribution in [2.45, 2.75) is 71.0 Å². The number of ether oxygens (including phenoxy) is 8. The van der Waals surface area contributed by atoms with Gasteiger partial charge in [0.05, 0.1) is 124 Å². The first kappa shape index (κ1) is 69.3. The average Bonchev–Trinajstić information content (AvgIpc) is 2.57. The highest BCUT2D eigenvalue weighted by Gasteiger charge is 2.17. The second-order valence-electron chi connectivity index (χ2n) is 18.0. The van der Waals surface area contributed by atoms with Crippen molar-refractivity contribution in [3.05, 3.63) is 91.8 Å². The summed E-state index contributed by atoms with van der Waals surface area (Å²) in [5.74, 6) is -1.48. The van der Waals surface area contributed by atoms with Crippen LogP contribution in [0.25, 0.3) is 22.3 Å². The van der Waals surface area contributed by atoms with Crippen LogP contribution < -0.4 is 38.1 Å². The number of carboxylic acids is 2. The number of fused-ring (bicyclic) bond motifs is 2. The van der Waals surface area contributed by atoms with Gasteiger partial charge in [-0.1, -0.05) is 60.7 Å². The Bertz CT molecular complexity index is 3060. The fourth-order valence-corrected chi connectivity index (χ4v) is 7.57. The number of benzene rings is 2. The number of imidazole rings is 2. The van der Waals surface area contributed by atoms with Crippen LogP contribution in [0.2, 0.25) is 0 Å². The molecule has 84 heavy (non-hydrogen) atoms. The Balaban J connectivity index is 0.000000306. The van der Waals surface area contributed by atoms with Crippen molar-refractivity contribution in [1.82, 2.24) is 39.0 Å². The van der Waals surface area contributed by atoms with Crippen LogP contribution in [-0.4, -0.2) is 194 Å². The topological polar surface area (TPSA) is 406 Å². The van der Waals surface area contributed by atoms with Gasteiger partial charge in [-0.25, -0.2) is 14.6 Å². The van der Waals surface area contributed by atoms with Crippen molar-refractivity contribution in [3.8, 4) is 12.0 Å². The first-order valence-corrected chi connectivity index (χ1v) is 27.9. The molecule has 2 aromatic carbocycles. The minimum Gasteiger partial charge on any atom is -0.481 e. The molecule has 0 radical (unpaired) electrons. The van der Waals surface area contributed by atoms with Crippen molar-refractivity contribution in [1.29, 1.82) is 0 Å². The second-order valence-corrected chi connectivity index (χ2v) is 18.8. The van der Waals surface area contributed by atoms with E-state index in [2.05, 4.69) is 52.3 Å². The van der Waals surface area contributed by atoms with Crippen molar-refractivity contribution in [2.75, 3.05) is 124 Å². The maximum absolute atomic E-state index is 12.6. The van der Waals surface area contributed by atoms with Gasteiger partial charge in [0.2, 0.25) is 0 Å². The summed E-state index contributed by atoms with van der Waals surface area (Å²) < 4.78 is 45.1. The van der Waals surface area contributed by atoms with E-state index in [-0.39, 0.29) is 87.5 Å². The number of carboxylic acid groups (broad SMARTS) is 2. The minimum atomic E-state index is -0.878.